The highest BCUT2D eigenvalue weighted by molar-refractivity contribution is 6.17. The van der Waals surface area contributed by atoms with Gasteiger partial charge in [-0.1, -0.05) is 182 Å². The monoisotopic (exact) mass is 716 g/mol. The van der Waals surface area contributed by atoms with Gasteiger partial charge in [-0.15, -0.1) is 0 Å². The summed E-state index contributed by atoms with van der Waals surface area (Å²) in [6.45, 7) is 0. The summed E-state index contributed by atoms with van der Waals surface area (Å²) in [6, 6.07) is 63.0. The van der Waals surface area contributed by atoms with Crippen molar-refractivity contribution in [2.75, 3.05) is 0 Å². The maximum Gasteiger partial charge on any atom is 0.0865 e. The normalized spacial score (nSPS) is 18.3. The van der Waals surface area contributed by atoms with Crippen molar-refractivity contribution >= 4 is 5.71 Å². The number of rotatable bonds is 5. The highest BCUT2D eigenvalue weighted by Gasteiger charge is 2.51. The largest absolute Gasteiger partial charge is 0.404 e. The number of aliphatic imine (C=N–C) groups is 1. The van der Waals surface area contributed by atoms with Crippen LogP contribution in [0.3, 0.4) is 0 Å². The third-order valence-corrected chi connectivity index (χ3v) is 12.6. The van der Waals surface area contributed by atoms with E-state index in [1.165, 1.54) is 77.9 Å². The molecule has 11 rings (SSSR count). The van der Waals surface area contributed by atoms with E-state index >= 15 is 0 Å². The Bertz CT molecular complexity index is 2770. The van der Waals surface area contributed by atoms with Crippen molar-refractivity contribution in [1.29, 1.82) is 0 Å². The van der Waals surface area contributed by atoms with Crippen molar-refractivity contribution in [2.24, 2.45) is 10.7 Å². The summed E-state index contributed by atoms with van der Waals surface area (Å²) in [7, 11) is 0. The van der Waals surface area contributed by atoms with Crippen molar-refractivity contribution in [1.82, 2.24) is 0 Å². The summed E-state index contributed by atoms with van der Waals surface area (Å²) < 4.78 is 0. The number of benzene rings is 7. The van der Waals surface area contributed by atoms with Gasteiger partial charge in [0.05, 0.1) is 17.2 Å². The average Bonchev–Trinajstić information content (AvgIpc) is 3.74. The summed E-state index contributed by atoms with van der Waals surface area (Å²) >= 11 is 0. The van der Waals surface area contributed by atoms with E-state index in [1.807, 2.05) is 0 Å². The number of hydrogen-bond acceptors (Lipinski definition) is 2. The van der Waals surface area contributed by atoms with E-state index < -0.39 is 0 Å². The van der Waals surface area contributed by atoms with E-state index in [-0.39, 0.29) is 17.4 Å². The van der Waals surface area contributed by atoms with Crippen molar-refractivity contribution in [3.05, 3.63) is 250 Å². The van der Waals surface area contributed by atoms with Crippen LogP contribution in [0.1, 0.15) is 69.3 Å². The summed E-state index contributed by atoms with van der Waals surface area (Å²) in [5.41, 5.74) is 27.3. The Balaban J connectivity index is 1.08. The van der Waals surface area contributed by atoms with Gasteiger partial charge < -0.3 is 5.73 Å². The molecule has 2 N–H and O–H groups in total. The van der Waals surface area contributed by atoms with Crippen LogP contribution < -0.4 is 5.73 Å². The van der Waals surface area contributed by atoms with E-state index in [0.717, 1.165) is 29.7 Å². The van der Waals surface area contributed by atoms with Crippen LogP contribution in [-0.4, -0.2) is 5.71 Å². The van der Waals surface area contributed by atoms with Gasteiger partial charge in [-0.05, 0) is 96.8 Å². The second kappa shape index (κ2) is 12.9. The zero-order valence-corrected chi connectivity index (χ0v) is 31.1. The Morgan fingerprint density at radius 2 is 1.14 bits per heavy atom. The molecule has 0 radical (unpaired) electrons. The molecule has 1 aliphatic heterocycles. The first-order valence-corrected chi connectivity index (χ1v) is 19.8. The first kappa shape index (κ1) is 32.6. The Kier molecular flexibility index (Phi) is 7.53. The van der Waals surface area contributed by atoms with Gasteiger partial charge in [0.1, 0.15) is 0 Å². The van der Waals surface area contributed by atoms with Crippen LogP contribution in [-0.2, 0) is 5.41 Å². The molecule has 266 valence electrons. The molecule has 7 aromatic rings. The summed E-state index contributed by atoms with van der Waals surface area (Å²) in [4.78, 5) is 5.66. The average molecular weight is 717 g/mol. The van der Waals surface area contributed by atoms with Crippen LogP contribution >= 0.6 is 0 Å². The molecule has 7 aromatic carbocycles. The molecule has 2 nitrogen and oxygen atoms in total. The van der Waals surface area contributed by atoms with Crippen LogP contribution in [0.15, 0.2) is 210 Å². The molecular weight excluding hydrogens is 677 g/mol. The number of fused-ring (bicyclic) bond motifs is 11. The van der Waals surface area contributed by atoms with E-state index in [0.29, 0.717) is 0 Å². The molecule has 1 heterocycles. The minimum Gasteiger partial charge on any atom is -0.404 e. The van der Waals surface area contributed by atoms with Gasteiger partial charge in [-0.25, -0.2) is 0 Å². The molecule has 2 atom stereocenters. The molecular formula is C54H40N2. The lowest BCUT2D eigenvalue weighted by atomic mass is 9.70. The highest BCUT2D eigenvalue weighted by atomic mass is 14.8. The van der Waals surface area contributed by atoms with Crippen molar-refractivity contribution < 1.29 is 0 Å². The molecule has 0 saturated heterocycles. The molecule has 0 saturated carbocycles. The van der Waals surface area contributed by atoms with E-state index in [1.54, 1.807) is 6.20 Å². The summed E-state index contributed by atoms with van der Waals surface area (Å²) in [5.74, 6) is 0.00941. The molecule has 3 aliphatic carbocycles. The fraction of sp³-hybridized carbons (Fsp3) is 0.0926. The molecule has 0 aromatic heterocycles. The van der Waals surface area contributed by atoms with Crippen LogP contribution in [0.5, 0.6) is 0 Å². The lowest BCUT2D eigenvalue weighted by Crippen LogP contribution is -2.25. The Morgan fingerprint density at radius 3 is 1.80 bits per heavy atom. The fourth-order valence-electron chi connectivity index (χ4n) is 10.3. The zero-order valence-electron chi connectivity index (χ0n) is 31.1. The SMILES string of the molecule is NC=C(C1=CC=CCC1)C1=NC(c2ccccc2)C(c2cccc(-c3ccc4c(c3)C3(c5ccccc5-c5ccccc53)c3ccccc3-4)c2)c2ccccc21. The first-order valence-electron chi connectivity index (χ1n) is 19.8. The maximum atomic E-state index is 6.46. The zero-order chi connectivity index (χ0) is 37.2. The molecule has 2 unspecified atom stereocenters. The Morgan fingerprint density at radius 1 is 0.554 bits per heavy atom. The molecule has 1 spiro atoms. The van der Waals surface area contributed by atoms with Gasteiger partial charge in [0.25, 0.3) is 0 Å². The summed E-state index contributed by atoms with van der Waals surface area (Å²) in [6.07, 6.45) is 10.3. The van der Waals surface area contributed by atoms with E-state index in [9.17, 15) is 0 Å². The minimum absolute atomic E-state index is 0.00941. The smallest absolute Gasteiger partial charge is 0.0865 e. The maximum absolute atomic E-state index is 6.46. The van der Waals surface area contributed by atoms with Crippen LogP contribution in [0, 0.1) is 0 Å². The van der Waals surface area contributed by atoms with Gasteiger partial charge in [0.15, 0.2) is 0 Å². The predicted molar refractivity (Wildman–Crippen MR) is 231 cm³/mol. The standard InChI is InChI=1S/C54H40N2/c55-34-46(35-16-3-1-4-17-35)53-45-26-8-7-25-44(45)51(52(56-53)36-18-5-2-6-19-36)39-21-15-20-37(32-39)38-30-31-43-42-24-11-14-29-49(42)54(50(43)33-38)47-27-12-9-22-40(47)41-23-10-13-28-48(41)54/h1-3,5-16,18-34,51-52H,4,17,55H2. The van der Waals surface area contributed by atoms with E-state index in [4.69, 9.17) is 10.7 Å². The number of hydrogen-bond donors (Lipinski definition) is 1. The Hall–Kier alpha value is -6.77. The molecule has 56 heavy (non-hydrogen) atoms. The minimum atomic E-state index is -0.379. The van der Waals surface area contributed by atoms with Gasteiger partial charge in [0, 0.05) is 23.3 Å². The van der Waals surface area contributed by atoms with Crippen molar-refractivity contribution in [2.45, 2.75) is 30.2 Å². The molecule has 4 aliphatic rings. The third kappa shape index (κ3) is 4.72. The van der Waals surface area contributed by atoms with Crippen molar-refractivity contribution in [3.63, 3.8) is 0 Å². The lowest BCUT2D eigenvalue weighted by molar-refractivity contribution is 0.621. The van der Waals surface area contributed by atoms with E-state index in [2.05, 4.69) is 188 Å². The van der Waals surface area contributed by atoms with Crippen LogP contribution in [0.2, 0.25) is 0 Å². The summed E-state index contributed by atoms with van der Waals surface area (Å²) in [5, 5.41) is 0. The fourth-order valence-corrected chi connectivity index (χ4v) is 10.3. The molecule has 2 heteroatoms. The highest BCUT2D eigenvalue weighted by Crippen LogP contribution is 2.63. The van der Waals surface area contributed by atoms with Crippen LogP contribution in [0.25, 0.3) is 33.4 Å². The van der Waals surface area contributed by atoms with Gasteiger partial charge in [-0.3, -0.25) is 4.99 Å². The van der Waals surface area contributed by atoms with Gasteiger partial charge in [0.2, 0.25) is 0 Å². The number of nitrogens with zero attached hydrogens (tertiary/aromatic N) is 1. The molecule has 0 fully saturated rings. The number of allylic oxidation sites excluding steroid dienone is 5. The second-order valence-electron chi connectivity index (χ2n) is 15.4. The Labute approximate surface area is 328 Å². The third-order valence-electron chi connectivity index (χ3n) is 12.6. The topological polar surface area (TPSA) is 38.4 Å². The first-order chi connectivity index (χ1) is 27.8. The lowest BCUT2D eigenvalue weighted by Gasteiger charge is -2.34. The van der Waals surface area contributed by atoms with Crippen LogP contribution in [0.4, 0.5) is 0 Å². The van der Waals surface area contributed by atoms with Crippen molar-refractivity contribution in [3.8, 4) is 33.4 Å². The molecule has 0 amide bonds. The second-order valence-corrected chi connectivity index (χ2v) is 15.4. The quantitative estimate of drug-likeness (QED) is 0.189. The number of nitrogens with two attached hydrogens (primary N) is 1. The van der Waals surface area contributed by atoms with Gasteiger partial charge >= 0.3 is 0 Å². The van der Waals surface area contributed by atoms with Gasteiger partial charge in [-0.2, -0.15) is 0 Å². The predicted octanol–water partition coefficient (Wildman–Crippen LogP) is 12.5. The molecule has 0 bridgehead atoms.